The lowest BCUT2D eigenvalue weighted by atomic mass is 9.90. The fourth-order valence-corrected chi connectivity index (χ4v) is 3.37. The molecule has 1 atom stereocenters. The SMILES string of the molecule is CC1(CN)CCN(C(=O)c2ccc(CS(=O)(=O)C(F)F)cc2)C1. The van der Waals surface area contributed by atoms with E-state index in [4.69, 9.17) is 5.73 Å². The summed E-state index contributed by atoms with van der Waals surface area (Å²) in [6, 6.07) is 5.73. The molecule has 1 fully saturated rings. The average Bonchev–Trinajstić information content (AvgIpc) is 2.90. The molecule has 0 radical (unpaired) electrons. The zero-order chi connectivity index (χ0) is 17.3. The minimum atomic E-state index is -4.46. The molecule has 1 aliphatic rings. The predicted molar refractivity (Wildman–Crippen MR) is 82.8 cm³/mol. The summed E-state index contributed by atoms with van der Waals surface area (Å²) in [5.74, 6) is -4.30. The topological polar surface area (TPSA) is 80.5 Å². The molecule has 8 heteroatoms. The van der Waals surface area contributed by atoms with Crippen molar-refractivity contribution in [3.63, 3.8) is 0 Å². The third kappa shape index (κ3) is 4.06. The van der Waals surface area contributed by atoms with Gasteiger partial charge in [0.15, 0.2) is 0 Å². The molecular weight excluding hydrogens is 326 g/mol. The Hall–Kier alpha value is -1.54. The van der Waals surface area contributed by atoms with Gasteiger partial charge >= 0.3 is 5.76 Å². The van der Waals surface area contributed by atoms with Crippen molar-refractivity contribution in [1.29, 1.82) is 0 Å². The molecule has 1 aromatic carbocycles. The van der Waals surface area contributed by atoms with Crippen molar-refractivity contribution in [3.05, 3.63) is 35.4 Å². The molecule has 0 aliphatic carbocycles. The number of carbonyl (C=O) groups is 1. The first kappa shape index (κ1) is 17.8. The molecule has 128 valence electrons. The van der Waals surface area contributed by atoms with Crippen molar-refractivity contribution < 1.29 is 22.0 Å². The smallest absolute Gasteiger partial charge is 0.337 e. The van der Waals surface area contributed by atoms with Crippen LogP contribution < -0.4 is 5.73 Å². The summed E-state index contributed by atoms with van der Waals surface area (Å²) in [5, 5.41) is 0. The molecule has 0 bridgehead atoms. The third-order valence-electron chi connectivity index (χ3n) is 4.18. The molecule has 2 N–H and O–H groups in total. The second-order valence-electron chi connectivity index (χ2n) is 6.26. The number of halogens is 2. The first-order valence-electron chi connectivity index (χ1n) is 7.25. The molecule has 1 aromatic rings. The first-order chi connectivity index (χ1) is 10.7. The highest BCUT2D eigenvalue weighted by atomic mass is 32.2. The van der Waals surface area contributed by atoms with Crippen molar-refractivity contribution in [2.45, 2.75) is 24.9 Å². The van der Waals surface area contributed by atoms with E-state index in [-0.39, 0.29) is 16.9 Å². The highest BCUT2D eigenvalue weighted by molar-refractivity contribution is 7.90. The Labute approximate surface area is 134 Å². The lowest BCUT2D eigenvalue weighted by molar-refractivity contribution is 0.0777. The molecule has 5 nitrogen and oxygen atoms in total. The number of hydrogen-bond donors (Lipinski definition) is 1. The van der Waals surface area contributed by atoms with Gasteiger partial charge in [-0.1, -0.05) is 19.1 Å². The van der Waals surface area contributed by atoms with Crippen LogP contribution in [-0.2, 0) is 15.6 Å². The lowest BCUT2D eigenvalue weighted by Crippen LogP contribution is -2.34. The van der Waals surface area contributed by atoms with E-state index in [2.05, 4.69) is 0 Å². The van der Waals surface area contributed by atoms with Crippen molar-refractivity contribution in [3.8, 4) is 0 Å². The van der Waals surface area contributed by atoms with Crippen LogP contribution in [-0.4, -0.2) is 44.6 Å². The predicted octanol–water partition coefficient (Wildman–Crippen LogP) is 1.63. The quantitative estimate of drug-likeness (QED) is 0.879. The van der Waals surface area contributed by atoms with Crippen molar-refractivity contribution in [2.24, 2.45) is 11.1 Å². The molecule has 23 heavy (non-hydrogen) atoms. The summed E-state index contributed by atoms with van der Waals surface area (Å²) in [5.41, 5.74) is 6.27. The standard InChI is InChI=1S/C15H20F2N2O3S/c1-15(9-18)6-7-19(10-15)13(20)12-4-2-11(3-5-12)8-23(21,22)14(16)17/h2-5,14H,6-10,18H2,1H3. The highest BCUT2D eigenvalue weighted by Crippen LogP contribution is 2.29. The number of alkyl halides is 2. The molecule has 1 heterocycles. The van der Waals surface area contributed by atoms with E-state index in [1.165, 1.54) is 24.3 Å². The Bertz CT molecular complexity index is 676. The van der Waals surface area contributed by atoms with Crippen LogP contribution in [0.15, 0.2) is 24.3 Å². The summed E-state index contributed by atoms with van der Waals surface area (Å²) in [4.78, 5) is 14.1. The van der Waals surface area contributed by atoms with Gasteiger partial charge in [0.1, 0.15) is 0 Å². The normalized spacial score (nSPS) is 21.9. The van der Waals surface area contributed by atoms with Crippen molar-refractivity contribution >= 4 is 15.7 Å². The summed E-state index contributed by atoms with van der Waals surface area (Å²) in [6.45, 7) is 3.72. The largest absolute Gasteiger partial charge is 0.338 e. The van der Waals surface area contributed by atoms with Crippen LogP contribution in [0.3, 0.4) is 0 Å². The molecule has 1 saturated heterocycles. The molecule has 0 aromatic heterocycles. The van der Waals surface area contributed by atoms with Crippen LogP contribution in [0.4, 0.5) is 8.78 Å². The van der Waals surface area contributed by atoms with Gasteiger partial charge in [0.05, 0.1) is 5.75 Å². The zero-order valence-corrected chi connectivity index (χ0v) is 13.7. The Balaban J connectivity index is 2.07. The lowest BCUT2D eigenvalue weighted by Gasteiger charge is -2.22. The van der Waals surface area contributed by atoms with E-state index in [0.717, 1.165) is 6.42 Å². The Morgan fingerprint density at radius 3 is 2.43 bits per heavy atom. The van der Waals surface area contributed by atoms with E-state index >= 15 is 0 Å². The van der Waals surface area contributed by atoms with Gasteiger partial charge in [-0.05, 0) is 36.1 Å². The van der Waals surface area contributed by atoms with Gasteiger partial charge in [-0.3, -0.25) is 4.79 Å². The number of nitrogens with zero attached hydrogens (tertiary/aromatic N) is 1. The maximum Gasteiger partial charge on any atom is 0.337 e. The van der Waals surface area contributed by atoms with Gasteiger partial charge in [0.2, 0.25) is 9.84 Å². The van der Waals surface area contributed by atoms with E-state index in [0.29, 0.717) is 25.2 Å². The maximum atomic E-state index is 12.4. The summed E-state index contributed by atoms with van der Waals surface area (Å²) >= 11 is 0. The summed E-state index contributed by atoms with van der Waals surface area (Å²) < 4.78 is 47.1. The molecule has 0 spiro atoms. The van der Waals surface area contributed by atoms with Crippen LogP contribution >= 0.6 is 0 Å². The van der Waals surface area contributed by atoms with Crippen LogP contribution in [0.2, 0.25) is 0 Å². The van der Waals surface area contributed by atoms with Crippen LogP contribution in [0.25, 0.3) is 0 Å². The van der Waals surface area contributed by atoms with Gasteiger partial charge < -0.3 is 10.6 Å². The number of likely N-dealkylation sites (tertiary alicyclic amines) is 1. The maximum absolute atomic E-state index is 12.4. The Morgan fingerprint density at radius 1 is 1.35 bits per heavy atom. The van der Waals surface area contributed by atoms with Gasteiger partial charge in [-0.2, -0.15) is 8.78 Å². The van der Waals surface area contributed by atoms with E-state index in [1.807, 2.05) is 6.92 Å². The van der Waals surface area contributed by atoms with E-state index < -0.39 is 21.3 Å². The molecule has 1 aliphatic heterocycles. The van der Waals surface area contributed by atoms with E-state index in [1.54, 1.807) is 4.90 Å². The average molecular weight is 346 g/mol. The van der Waals surface area contributed by atoms with Crippen LogP contribution in [0.5, 0.6) is 0 Å². The number of sulfone groups is 1. The van der Waals surface area contributed by atoms with Gasteiger partial charge in [0.25, 0.3) is 5.91 Å². The van der Waals surface area contributed by atoms with Crippen molar-refractivity contribution in [2.75, 3.05) is 19.6 Å². The molecule has 1 amide bonds. The van der Waals surface area contributed by atoms with Crippen molar-refractivity contribution in [1.82, 2.24) is 4.90 Å². The second-order valence-corrected chi connectivity index (χ2v) is 8.23. The van der Waals surface area contributed by atoms with Gasteiger partial charge in [0, 0.05) is 18.7 Å². The van der Waals surface area contributed by atoms with Crippen LogP contribution in [0, 0.1) is 5.41 Å². The number of benzene rings is 1. The van der Waals surface area contributed by atoms with Gasteiger partial charge in [-0.15, -0.1) is 0 Å². The number of hydrogen-bond acceptors (Lipinski definition) is 4. The molecular formula is C15H20F2N2O3S. The van der Waals surface area contributed by atoms with Gasteiger partial charge in [-0.25, -0.2) is 8.42 Å². The number of rotatable bonds is 5. The monoisotopic (exact) mass is 346 g/mol. The summed E-state index contributed by atoms with van der Waals surface area (Å²) in [7, 11) is -4.46. The zero-order valence-electron chi connectivity index (χ0n) is 12.8. The van der Waals surface area contributed by atoms with Crippen LogP contribution in [0.1, 0.15) is 29.3 Å². The molecule has 0 saturated carbocycles. The number of nitrogens with two attached hydrogens (primary N) is 1. The fraction of sp³-hybridized carbons (Fsp3) is 0.533. The Morgan fingerprint density at radius 2 is 1.96 bits per heavy atom. The van der Waals surface area contributed by atoms with E-state index in [9.17, 15) is 22.0 Å². The molecule has 2 rings (SSSR count). The number of carbonyl (C=O) groups excluding carboxylic acids is 1. The minimum Gasteiger partial charge on any atom is -0.338 e. The second kappa shape index (κ2) is 6.52. The highest BCUT2D eigenvalue weighted by Gasteiger charge is 2.35. The minimum absolute atomic E-state index is 0.0824. The number of amides is 1. The summed E-state index contributed by atoms with van der Waals surface area (Å²) in [6.07, 6.45) is 0.833. The molecule has 1 unspecified atom stereocenters. The third-order valence-corrected chi connectivity index (χ3v) is 5.46. The Kier molecular flexibility index (Phi) is 5.05. The first-order valence-corrected chi connectivity index (χ1v) is 8.96. The fourth-order valence-electron chi connectivity index (χ4n) is 2.59.